The number of Topliss-reactive ketones (excluding diaryl/α,β-unsaturated/α-hetero) is 4. The van der Waals surface area contributed by atoms with Crippen LogP contribution in [-0.4, -0.2) is 76.5 Å². The summed E-state index contributed by atoms with van der Waals surface area (Å²) in [5.74, 6) is -9.92. The first-order valence-corrected chi connectivity index (χ1v) is 12.9. The lowest BCUT2D eigenvalue weighted by molar-refractivity contribution is -0.181. The molecular weight excluding hydrogens is 504 g/mol. The van der Waals surface area contributed by atoms with Crippen LogP contribution in [-0.2, 0) is 25.6 Å². The minimum atomic E-state index is -2.74. The molecule has 2 saturated carbocycles. The molecule has 2 aromatic rings. The number of carbonyl (C=O) groups excluding carboxylic acids is 5. The molecule has 0 bridgehead atoms. The van der Waals surface area contributed by atoms with Crippen LogP contribution in [0.25, 0.3) is 11.1 Å². The topological polar surface area (TPSA) is 164 Å². The molecule has 0 radical (unpaired) electrons. The Morgan fingerprint density at radius 2 is 1.74 bits per heavy atom. The number of amides is 1. The van der Waals surface area contributed by atoms with Crippen LogP contribution in [0.1, 0.15) is 29.3 Å². The van der Waals surface area contributed by atoms with Gasteiger partial charge >= 0.3 is 0 Å². The highest BCUT2D eigenvalue weighted by molar-refractivity contribution is 6.32. The second kappa shape index (κ2) is 9.39. The van der Waals surface area contributed by atoms with Crippen LogP contribution in [0.15, 0.2) is 36.4 Å². The number of hydrogen-bond acceptors (Lipinski definition) is 9. The van der Waals surface area contributed by atoms with Gasteiger partial charge < -0.3 is 20.7 Å². The number of benzene rings is 2. The lowest BCUT2D eigenvalue weighted by Crippen LogP contribution is -2.74. The van der Waals surface area contributed by atoms with Crippen molar-refractivity contribution in [1.29, 1.82) is 0 Å². The smallest absolute Gasteiger partial charge is 0.235 e. The number of nitrogens with zero attached hydrogens (tertiary/aromatic N) is 1. The molecule has 6 atom stereocenters. The average Bonchev–Trinajstić information content (AvgIpc) is 2.87. The van der Waals surface area contributed by atoms with Gasteiger partial charge in [0, 0.05) is 5.92 Å². The minimum Gasteiger partial charge on any atom is -0.507 e. The maximum absolute atomic E-state index is 13.9. The summed E-state index contributed by atoms with van der Waals surface area (Å²) in [5, 5.41) is 22.4. The Hall–Kier alpha value is -3.89. The fourth-order valence-electron chi connectivity index (χ4n) is 6.77. The highest BCUT2D eigenvalue weighted by Crippen LogP contribution is 2.51. The molecule has 2 unspecified atom stereocenters. The molecule has 0 saturated heterocycles. The Morgan fingerprint density at radius 1 is 1.08 bits per heavy atom. The van der Waals surface area contributed by atoms with Gasteiger partial charge in [0.05, 0.1) is 24.1 Å². The first-order chi connectivity index (χ1) is 18.4. The summed E-state index contributed by atoms with van der Waals surface area (Å²) in [4.78, 5) is 67.8. The van der Waals surface area contributed by atoms with Crippen molar-refractivity contribution >= 4 is 29.0 Å². The van der Waals surface area contributed by atoms with E-state index in [0.29, 0.717) is 23.5 Å². The van der Waals surface area contributed by atoms with E-state index < -0.39 is 64.4 Å². The molecule has 39 heavy (non-hydrogen) atoms. The molecule has 10 heteroatoms. The van der Waals surface area contributed by atoms with Crippen molar-refractivity contribution in [2.24, 2.45) is 29.4 Å². The highest BCUT2D eigenvalue weighted by Gasteiger charge is 2.69. The van der Waals surface area contributed by atoms with Crippen LogP contribution in [0.2, 0.25) is 0 Å². The van der Waals surface area contributed by atoms with Crippen LogP contribution >= 0.6 is 0 Å². The van der Waals surface area contributed by atoms with E-state index in [9.17, 15) is 34.2 Å². The third-order valence-corrected chi connectivity index (χ3v) is 8.42. The zero-order valence-corrected chi connectivity index (χ0v) is 21.8. The summed E-state index contributed by atoms with van der Waals surface area (Å²) in [6.45, 7) is 2.38. The Bertz CT molecular complexity index is 1420. The quantitative estimate of drug-likeness (QED) is 0.473. The van der Waals surface area contributed by atoms with E-state index in [0.717, 1.165) is 5.56 Å². The van der Waals surface area contributed by atoms with Crippen molar-refractivity contribution in [1.82, 2.24) is 4.90 Å². The van der Waals surface area contributed by atoms with E-state index in [1.54, 1.807) is 32.3 Å². The van der Waals surface area contributed by atoms with Gasteiger partial charge in [-0.1, -0.05) is 18.2 Å². The zero-order valence-electron chi connectivity index (χ0n) is 21.8. The summed E-state index contributed by atoms with van der Waals surface area (Å²) in [6, 6.07) is 9.21. The average molecular weight is 535 g/mol. The Labute approximate surface area is 224 Å². The number of likely N-dealkylation sites (N-methyl/N-ethyl adjacent to an activating group) is 1. The van der Waals surface area contributed by atoms with Crippen molar-refractivity contribution in [2.75, 3.05) is 20.7 Å². The number of rotatable bonds is 5. The first kappa shape index (κ1) is 26.7. The van der Waals surface area contributed by atoms with Gasteiger partial charge in [-0.15, -0.1) is 0 Å². The van der Waals surface area contributed by atoms with Crippen molar-refractivity contribution in [3.63, 3.8) is 0 Å². The number of carbonyl (C=O) groups is 5. The summed E-state index contributed by atoms with van der Waals surface area (Å²) in [5.41, 5.74) is 4.60. The van der Waals surface area contributed by atoms with Gasteiger partial charge in [-0.25, -0.2) is 0 Å². The van der Waals surface area contributed by atoms with Crippen molar-refractivity contribution < 1.29 is 38.9 Å². The van der Waals surface area contributed by atoms with E-state index in [2.05, 4.69) is 0 Å². The van der Waals surface area contributed by atoms with E-state index in [1.165, 1.54) is 11.0 Å². The third kappa shape index (κ3) is 3.81. The van der Waals surface area contributed by atoms with E-state index >= 15 is 0 Å². The van der Waals surface area contributed by atoms with Crippen LogP contribution in [0.4, 0.5) is 0 Å². The van der Waals surface area contributed by atoms with Crippen LogP contribution < -0.4 is 10.5 Å². The second-order valence-corrected chi connectivity index (χ2v) is 10.7. The number of phenolic OH excluding ortho intramolecular Hbond substituents is 1. The second-order valence-electron chi connectivity index (χ2n) is 10.7. The molecule has 2 fully saturated rings. The maximum atomic E-state index is 13.9. The summed E-state index contributed by atoms with van der Waals surface area (Å²) >= 11 is 0. The molecule has 0 heterocycles. The lowest BCUT2D eigenvalue weighted by Gasteiger charge is -2.52. The van der Waals surface area contributed by atoms with Gasteiger partial charge in [0.15, 0.2) is 34.7 Å². The van der Waals surface area contributed by atoms with Gasteiger partial charge in [-0.3, -0.25) is 28.9 Å². The molecule has 3 aliphatic rings. The monoisotopic (exact) mass is 534 g/mol. The van der Waals surface area contributed by atoms with Crippen LogP contribution in [0.5, 0.6) is 11.5 Å². The molecule has 0 aliphatic heterocycles. The summed E-state index contributed by atoms with van der Waals surface area (Å²) in [7, 11) is 3.10. The van der Waals surface area contributed by atoms with Gasteiger partial charge in [0.25, 0.3) is 0 Å². The predicted molar refractivity (Wildman–Crippen MR) is 138 cm³/mol. The number of phenols is 1. The molecule has 2 aromatic carbocycles. The Balaban J connectivity index is 1.62. The number of nitrogens with two attached hydrogens (primary N) is 1. The number of aromatic hydroxyl groups is 1. The number of fused-ring (bicyclic) bond motifs is 3. The van der Waals surface area contributed by atoms with Gasteiger partial charge in [-0.05, 0) is 74.7 Å². The number of aliphatic hydroxyl groups is 1. The fraction of sp³-hybridized carbons (Fsp3) is 0.414. The van der Waals surface area contributed by atoms with Crippen LogP contribution in [0, 0.1) is 23.7 Å². The molecule has 10 nitrogen and oxygen atoms in total. The zero-order chi connectivity index (χ0) is 28.4. The SMILES string of the molecule is CCOc1ccc(-c2ccc(O)c3c2C[C@H]2C[C@H]4[C@H](N(C)C)C(=O)C(C(N)=O)C(=O)[C@@]4(O)C(=O)C2C3=O)cc1. The van der Waals surface area contributed by atoms with Gasteiger partial charge in [0.2, 0.25) is 5.91 Å². The number of primary amides is 1. The van der Waals surface area contributed by atoms with Gasteiger partial charge in [-0.2, -0.15) is 0 Å². The largest absolute Gasteiger partial charge is 0.507 e. The molecule has 204 valence electrons. The molecule has 3 aliphatic carbocycles. The van der Waals surface area contributed by atoms with E-state index in [-0.39, 0.29) is 24.2 Å². The fourth-order valence-corrected chi connectivity index (χ4v) is 6.77. The molecule has 0 spiro atoms. The van der Waals surface area contributed by atoms with Crippen molar-refractivity contribution in [3.8, 4) is 22.6 Å². The summed E-state index contributed by atoms with van der Waals surface area (Å²) < 4.78 is 5.51. The number of ketones is 4. The molecule has 4 N–H and O–H groups in total. The van der Waals surface area contributed by atoms with Crippen LogP contribution in [0.3, 0.4) is 0 Å². The summed E-state index contributed by atoms with van der Waals surface area (Å²) in [6.07, 6.45) is 0.199. The Morgan fingerprint density at radius 3 is 2.33 bits per heavy atom. The molecular formula is C29H30N2O8. The van der Waals surface area contributed by atoms with E-state index in [1.807, 2.05) is 19.1 Å². The standard InChI is InChI=1S/C29H30N2O8/c1-4-39-15-7-5-13(6-8-15)16-9-10-19(32)21-17(16)11-14-12-18-23(31(2)3)25(34)22(28(30)37)27(36)29(18,38)26(35)20(14)24(21)33/h5-10,14,18,20,22-23,32,38H,4,11-12H2,1-3H3,(H2,30,37)/t14-,18-,20?,22?,23-,29-/m0/s1. The number of hydrogen-bond donors (Lipinski definition) is 3. The Kier molecular flexibility index (Phi) is 6.43. The van der Waals surface area contributed by atoms with Crippen molar-refractivity contribution in [3.05, 3.63) is 47.5 Å². The van der Waals surface area contributed by atoms with Crippen molar-refractivity contribution in [2.45, 2.75) is 31.4 Å². The highest BCUT2D eigenvalue weighted by atomic mass is 16.5. The lowest BCUT2D eigenvalue weighted by atomic mass is 9.52. The third-order valence-electron chi connectivity index (χ3n) is 8.42. The first-order valence-electron chi connectivity index (χ1n) is 12.9. The maximum Gasteiger partial charge on any atom is 0.235 e. The number of ether oxygens (including phenoxy) is 1. The molecule has 1 amide bonds. The van der Waals surface area contributed by atoms with Gasteiger partial charge in [0.1, 0.15) is 11.5 Å². The molecule has 5 rings (SSSR count). The van der Waals surface area contributed by atoms with E-state index in [4.69, 9.17) is 10.5 Å². The minimum absolute atomic E-state index is 0.00225. The normalized spacial score (nSPS) is 30.0. The molecule has 0 aromatic heterocycles. The predicted octanol–water partition coefficient (Wildman–Crippen LogP) is 0.933.